The smallest absolute Gasteiger partial charge is 0.330 e. The Morgan fingerprint density at radius 2 is 1.73 bits per heavy atom. The maximum atomic E-state index is 11.4. The Hall–Kier alpha value is 0.681. The van der Waals surface area contributed by atoms with Gasteiger partial charge in [0.15, 0.2) is 29.3 Å². The molecule has 92 valence electrons. The van der Waals surface area contributed by atoms with Crippen LogP contribution in [-0.2, 0) is 4.57 Å². The second-order valence-corrected chi connectivity index (χ2v) is 11.6. The van der Waals surface area contributed by atoms with Crippen LogP contribution in [0.2, 0.25) is 5.16 Å². The third-order valence-corrected chi connectivity index (χ3v) is 13.5. The van der Waals surface area contributed by atoms with Crippen LogP contribution in [0.1, 0.15) is 19.8 Å². The minimum atomic E-state index is -4.45. The van der Waals surface area contributed by atoms with Crippen LogP contribution in [0, 0.1) is 0 Å². The number of hydrogen-bond acceptors (Lipinski definition) is 4. The SMILES string of the molecule is CCCC([SiH2]O)(C([SiH2]O)[SiH2]O)P(=O)(O)O. The first kappa shape index (κ1) is 15.7. The van der Waals surface area contributed by atoms with Crippen molar-refractivity contribution in [3.63, 3.8) is 0 Å². The highest BCUT2D eigenvalue weighted by molar-refractivity contribution is 7.56. The molecule has 1 unspecified atom stereocenters. The summed E-state index contributed by atoms with van der Waals surface area (Å²) in [5, 5.41) is -0.671. The standard InChI is InChI=1S/C5H19O6PSi3/c1-2-3-5(15-11,12(6,7)8)4(13-9)14-10/h4,9-11H,2-3,13-15H2,1H3,(H2,6,7,8). The number of rotatable bonds is 7. The summed E-state index contributed by atoms with van der Waals surface area (Å²) in [5.74, 6) is 0. The van der Waals surface area contributed by atoms with E-state index in [-0.39, 0.29) is 6.42 Å². The Bertz CT molecular complexity index is 231. The van der Waals surface area contributed by atoms with Crippen LogP contribution >= 0.6 is 7.60 Å². The summed E-state index contributed by atoms with van der Waals surface area (Å²) in [6.45, 7) is 1.77. The Kier molecular flexibility index (Phi) is 6.72. The van der Waals surface area contributed by atoms with Gasteiger partial charge in [0.1, 0.15) is 0 Å². The summed E-state index contributed by atoms with van der Waals surface area (Å²) in [6, 6.07) is 0. The molecule has 1 atom stereocenters. The maximum absolute atomic E-state index is 11.4. The summed E-state index contributed by atoms with van der Waals surface area (Å²) in [5.41, 5.74) is 0. The van der Waals surface area contributed by atoms with E-state index < -0.39 is 46.8 Å². The fourth-order valence-electron chi connectivity index (χ4n) is 1.72. The van der Waals surface area contributed by atoms with Crippen molar-refractivity contribution in [2.45, 2.75) is 29.7 Å². The molecule has 0 fully saturated rings. The van der Waals surface area contributed by atoms with Gasteiger partial charge in [-0.25, -0.2) is 0 Å². The molecule has 0 saturated carbocycles. The van der Waals surface area contributed by atoms with Crippen LogP contribution in [0.5, 0.6) is 0 Å². The van der Waals surface area contributed by atoms with Gasteiger partial charge in [-0.2, -0.15) is 0 Å². The zero-order valence-electron chi connectivity index (χ0n) is 8.70. The minimum absolute atomic E-state index is 0.186. The van der Waals surface area contributed by atoms with E-state index in [9.17, 15) is 19.1 Å². The molecule has 0 bridgehead atoms. The summed E-state index contributed by atoms with van der Waals surface area (Å²) in [7, 11) is -9.81. The lowest BCUT2D eigenvalue weighted by atomic mass is 10.2. The molecule has 0 aliphatic rings. The summed E-state index contributed by atoms with van der Waals surface area (Å²) in [4.78, 5) is 46.3. The molecule has 0 heterocycles. The van der Waals surface area contributed by atoms with Crippen LogP contribution in [-0.4, -0.2) is 58.2 Å². The first-order valence-electron chi connectivity index (χ1n) is 4.77. The largest absolute Gasteiger partial charge is 0.438 e. The Balaban J connectivity index is 5.22. The van der Waals surface area contributed by atoms with Crippen LogP contribution in [0.3, 0.4) is 0 Å². The molecule has 0 saturated heterocycles. The Labute approximate surface area is 95.7 Å². The van der Waals surface area contributed by atoms with Crippen LogP contribution in [0.25, 0.3) is 0 Å². The molecule has 0 aromatic carbocycles. The molecule has 0 rings (SSSR count). The van der Waals surface area contributed by atoms with Crippen molar-refractivity contribution in [2.24, 2.45) is 0 Å². The molecule has 0 aliphatic heterocycles. The topological polar surface area (TPSA) is 118 Å². The van der Waals surface area contributed by atoms with E-state index in [1.54, 1.807) is 6.92 Å². The van der Waals surface area contributed by atoms with Gasteiger partial charge in [0.05, 0.1) is 4.78 Å². The summed E-state index contributed by atoms with van der Waals surface area (Å²) >= 11 is 0. The highest BCUT2D eigenvalue weighted by Crippen LogP contribution is 2.57. The fourth-order valence-corrected chi connectivity index (χ4v) is 9.23. The van der Waals surface area contributed by atoms with E-state index in [4.69, 9.17) is 9.59 Å². The lowest BCUT2D eigenvalue weighted by Crippen LogP contribution is -2.45. The molecule has 5 N–H and O–H groups in total. The average Bonchev–Trinajstić information content (AvgIpc) is 2.16. The molecule has 15 heavy (non-hydrogen) atoms. The lowest BCUT2D eigenvalue weighted by molar-refractivity contribution is 0.334. The second kappa shape index (κ2) is 6.42. The van der Waals surface area contributed by atoms with Crippen molar-refractivity contribution >= 4 is 36.9 Å². The van der Waals surface area contributed by atoms with Crippen molar-refractivity contribution in [1.29, 1.82) is 0 Å². The molecular formula is C5H19O6PSi3. The van der Waals surface area contributed by atoms with Crippen LogP contribution in [0.4, 0.5) is 0 Å². The molecule has 6 nitrogen and oxygen atoms in total. The minimum Gasteiger partial charge on any atom is -0.438 e. The predicted molar refractivity (Wildman–Crippen MR) is 65.7 cm³/mol. The summed E-state index contributed by atoms with van der Waals surface area (Å²) in [6.07, 6.45) is 0.712. The van der Waals surface area contributed by atoms with Crippen molar-refractivity contribution in [1.82, 2.24) is 0 Å². The quantitative estimate of drug-likeness (QED) is 0.247. The van der Waals surface area contributed by atoms with Gasteiger partial charge in [-0.05, 0) is 6.42 Å². The maximum Gasteiger partial charge on any atom is 0.330 e. The van der Waals surface area contributed by atoms with Gasteiger partial charge in [-0.3, -0.25) is 4.57 Å². The average molecular weight is 290 g/mol. The summed E-state index contributed by atoms with van der Waals surface area (Å²) < 4.78 is 9.96. The van der Waals surface area contributed by atoms with Gasteiger partial charge >= 0.3 is 7.60 Å². The first-order chi connectivity index (χ1) is 6.89. The normalized spacial score (nSPS) is 20.9. The molecule has 0 radical (unpaired) electrons. The van der Waals surface area contributed by atoms with Gasteiger partial charge < -0.3 is 24.2 Å². The molecular weight excluding hydrogens is 271 g/mol. The zero-order valence-corrected chi connectivity index (χ0v) is 13.8. The van der Waals surface area contributed by atoms with Crippen molar-refractivity contribution in [3.05, 3.63) is 0 Å². The predicted octanol–water partition coefficient (Wildman–Crippen LogP) is -3.37. The van der Waals surface area contributed by atoms with Crippen LogP contribution in [0.15, 0.2) is 0 Å². The first-order valence-corrected chi connectivity index (χ1v) is 10.6. The van der Waals surface area contributed by atoms with Gasteiger partial charge in [0.2, 0.25) is 0 Å². The molecule has 0 amide bonds. The van der Waals surface area contributed by atoms with Gasteiger partial charge in [0, 0.05) is 5.16 Å². The van der Waals surface area contributed by atoms with E-state index in [0.29, 0.717) is 6.42 Å². The third-order valence-electron chi connectivity index (χ3n) is 2.74. The van der Waals surface area contributed by atoms with E-state index in [1.165, 1.54) is 0 Å². The van der Waals surface area contributed by atoms with Crippen LogP contribution < -0.4 is 0 Å². The van der Waals surface area contributed by atoms with Crippen molar-refractivity contribution < 1.29 is 28.7 Å². The van der Waals surface area contributed by atoms with Gasteiger partial charge in [-0.15, -0.1) is 0 Å². The zero-order chi connectivity index (χ0) is 12.1. The van der Waals surface area contributed by atoms with E-state index in [1.807, 2.05) is 0 Å². The van der Waals surface area contributed by atoms with E-state index in [0.717, 1.165) is 0 Å². The molecule has 10 heteroatoms. The highest BCUT2D eigenvalue weighted by Gasteiger charge is 2.51. The molecule has 0 aromatic rings. The van der Waals surface area contributed by atoms with E-state index >= 15 is 0 Å². The Morgan fingerprint density at radius 3 is 1.93 bits per heavy atom. The molecule has 0 aliphatic carbocycles. The van der Waals surface area contributed by atoms with Gasteiger partial charge in [0.25, 0.3) is 0 Å². The highest BCUT2D eigenvalue weighted by atomic mass is 31.2. The monoisotopic (exact) mass is 290 g/mol. The third kappa shape index (κ3) is 3.32. The Morgan fingerprint density at radius 1 is 1.27 bits per heavy atom. The van der Waals surface area contributed by atoms with Gasteiger partial charge in [-0.1, -0.05) is 13.3 Å². The fraction of sp³-hybridized carbons (Fsp3) is 1.00. The van der Waals surface area contributed by atoms with Crippen molar-refractivity contribution in [3.8, 4) is 0 Å². The van der Waals surface area contributed by atoms with Crippen molar-refractivity contribution in [2.75, 3.05) is 0 Å². The molecule has 0 spiro atoms. The van der Waals surface area contributed by atoms with E-state index in [2.05, 4.69) is 0 Å². The molecule has 0 aromatic heterocycles. The lowest BCUT2D eigenvalue weighted by Gasteiger charge is -2.37. The number of hydrogen-bond donors (Lipinski definition) is 5. The second-order valence-electron chi connectivity index (χ2n) is 3.62.